The second-order valence-corrected chi connectivity index (χ2v) is 9.33. The Balaban J connectivity index is 1.46. The van der Waals surface area contributed by atoms with Gasteiger partial charge in [0.15, 0.2) is 0 Å². The Morgan fingerprint density at radius 1 is 1.13 bits per heavy atom. The normalized spacial score (nSPS) is 24.5. The molecule has 0 spiro atoms. The molecule has 6 nitrogen and oxygen atoms in total. The van der Waals surface area contributed by atoms with Gasteiger partial charge in [0.05, 0.1) is 11.7 Å². The highest BCUT2D eigenvalue weighted by Gasteiger charge is 2.25. The van der Waals surface area contributed by atoms with Crippen LogP contribution in [-0.2, 0) is 0 Å². The number of nitrogens with zero attached hydrogens (tertiary/aromatic N) is 2. The molecule has 4 N–H and O–H groups in total. The van der Waals surface area contributed by atoms with E-state index < -0.39 is 0 Å². The Labute approximate surface area is 184 Å². The van der Waals surface area contributed by atoms with E-state index in [1.165, 1.54) is 12.0 Å². The topological polar surface area (TPSA) is 91.5 Å². The van der Waals surface area contributed by atoms with Gasteiger partial charge in [-0.15, -0.1) is 0 Å². The largest absolute Gasteiger partial charge is 0.393 e. The van der Waals surface area contributed by atoms with Gasteiger partial charge >= 0.3 is 0 Å². The molecule has 2 heterocycles. The van der Waals surface area contributed by atoms with Crippen molar-refractivity contribution in [1.82, 2.24) is 15.2 Å². The lowest BCUT2D eigenvalue weighted by Gasteiger charge is -2.26. The van der Waals surface area contributed by atoms with E-state index >= 15 is 0 Å². The van der Waals surface area contributed by atoms with E-state index in [0.717, 1.165) is 49.9 Å². The summed E-state index contributed by atoms with van der Waals surface area (Å²) in [6, 6.07) is 11.1. The average molecular weight is 423 g/mol. The maximum atomic E-state index is 12.8. The zero-order valence-corrected chi connectivity index (χ0v) is 18.6. The molecule has 6 heteroatoms. The molecule has 1 amide bonds. The molecule has 4 rings (SSSR count). The molecule has 31 heavy (non-hydrogen) atoms. The SMILES string of the molecule is CC(C)N1CCC(c2ccc(-c3cnc(N)c(C(=O)N[C@H]4CC[C@H](O)CC4)c3)cc2)C1. The highest BCUT2D eigenvalue weighted by molar-refractivity contribution is 5.99. The number of carbonyl (C=O) groups excluding carboxylic acids is 1. The summed E-state index contributed by atoms with van der Waals surface area (Å²) in [6.07, 6.45) is 5.71. The van der Waals surface area contributed by atoms with Gasteiger partial charge in [-0.2, -0.15) is 0 Å². The lowest BCUT2D eigenvalue weighted by molar-refractivity contribution is 0.0868. The maximum Gasteiger partial charge on any atom is 0.255 e. The Bertz CT molecular complexity index is 904. The van der Waals surface area contributed by atoms with Crippen LogP contribution in [0.5, 0.6) is 0 Å². The standard InChI is InChI=1S/C25H34N4O2/c1-16(2)29-12-11-19(15-29)17-3-5-18(6-4-17)20-13-23(24(26)27-14-20)25(31)28-21-7-9-22(30)10-8-21/h3-6,13-14,16,19,21-22,30H,7-12,15H2,1-2H3,(H2,26,27)(H,28,31)/t19?,21-,22-. The van der Waals surface area contributed by atoms with Gasteiger partial charge in [0, 0.05) is 30.4 Å². The Kier molecular flexibility index (Phi) is 6.58. The molecular formula is C25H34N4O2. The van der Waals surface area contributed by atoms with E-state index in [1.54, 1.807) is 6.20 Å². The summed E-state index contributed by atoms with van der Waals surface area (Å²) in [5.74, 6) is 0.634. The van der Waals surface area contributed by atoms with Crippen molar-refractivity contribution >= 4 is 11.7 Å². The summed E-state index contributed by atoms with van der Waals surface area (Å²) < 4.78 is 0. The number of carbonyl (C=O) groups is 1. The van der Waals surface area contributed by atoms with Crippen molar-refractivity contribution in [3.8, 4) is 11.1 Å². The molecule has 1 aliphatic heterocycles. The first kappa shape index (κ1) is 21.8. The van der Waals surface area contributed by atoms with Crippen molar-refractivity contribution in [3.63, 3.8) is 0 Å². The van der Waals surface area contributed by atoms with Gasteiger partial charge < -0.3 is 21.1 Å². The minimum Gasteiger partial charge on any atom is -0.393 e. The van der Waals surface area contributed by atoms with Crippen LogP contribution in [0.3, 0.4) is 0 Å². The zero-order chi connectivity index (χ0) is 22.0. The lowest BCUT2D eigenvalue weighted by atomic mass is 9.93. The second kappa shape index (κ2) is 9.37. The first-order valence-corrected chi connectivity index (χ1v) is 11.5. The number of aliphatic hydroxyl groups is 1. The fraction of sp³-hybridized carbons (Fsp3) is 0.520. The van der Waals surface area contributed by atoms with E-state index in [1.807, 2.05) is 6.07 Å². The molecule has 1 unspecified atom stereocenters. The summed E-state index contributed by atoms with van der Waals surface area (Å²) in [7, 11) is 0. The molecule has 1 aromatic heterocycles. The monoisotopic (exact) mass is 422 g/mol. The number of aromatic nitrogens is 1. The van der Waals surface area contributed by atoms with Gasteiger partial charge in [0.2, 0.25) is 0 Å². The number of nitrogens with one attached hydrogen (secondary N) is 1. The number of aliphatic hydroxyl groups excluding tert-OH is 1. The van der Waals surface area contributed by atoms with Crippen LogP contribution >= 0.6 is 0 Å². The number of hydrogen-bond donors (Lipinski definition) is 3. The number of benzene rings is 1. The molecule has 2 fully saturated rings. The van der Waals surface area contributed by atoms with Crippen molar-refractivity contribution < 1.29 is 9.90 Å². The third kappa shape index (κ3) is 5.08. The van der Waals surface area contributed by atoms with Crippen molar-refractivity contribution in [2.75, 3.05) is 18.8 Å². The minimum absolute atomic E-state index is 0.0788. The van der Waals surface area contributed by atoms with Gasteiger partial charge in [0.1, 0.15) is 5.82 Å². The highest BCUT2D eigenvalue weighted by Crippen LogP contribution is 2.30. The fourth-order valence-corrected chi connectivity index (χ4v) is 4.77. The molecule has 2 aromatic rings. The number of nitrogen functional groups attached to an aromatic ring is 1. The summed E-state index contributed by atoms with van der Waals surface area (Å²) in [5.41, 5.74) is 9.73. The van der Waals surface area contributed by atoms with Gasteiger partial charge in [-0.05, 0) is 75.6 Å². The predicted octanol–water partition coefficient (Wildman–Crippen LogP) is 3.56. The van der Waals surface area contributed by atoms with Crippen LogP contribution in [0.1, 0.15) is 67.8 Å². The highest BCUT2D eigenvalue weighted by atomic mass is 16.3. The molecule has 1 saturated heterocycles. The third-order valence-corrected chi connectivity index (χ3v) is 6.86. The van der Waals surface area contributed by atoms with Crippen LogP contribution in [0, 0.1) is 0 Å². The van der Waals surface area contributed by atoms with Crippen molar-refractivity contribution in [3.05, 3.63) is 47.7 Å². The number of rotatable bonds is 5. The molecule has 1 aliphatic carbocycles. The molecule has 1 aromatic carbocycles. The minimum atomic E-state index is -0.246. The smallest absolute Gasteiger partial charge is 0.255 e. The van der Waals surface area contributed by atoms with E-state index in [2.05, 4.69) is 53.3 Å². The number of amides is 1. The quantitative estimate of drug-likeness (QED) is 0.685. The van der Waals surface area contributed by atoms with Gasteiger partial charge in [0.25, 0.3) is 5.91 Å². The first-order chi connectivity index (χ1) is 14.9. The molecule has 0 bridgehead atoms. The Morgan fingerprint density at radius 3 is 2.48 bits per heavy atom. The van der Waals surface area contributed by atoms with E-state index in [0.29, 0.717) is 17.5 Å². The van der Waals surface area contributed by atoms with E-state index in [4.69, 9.17) is 5.73 Å². The molecule has 2 aliphatic rings. The molecular weight excluding hydrogens is 388 g/mol. The van der Waals surface area contributed by atoms with Gasteiger partial charge in [-0.1, -0.05) is 24.3 Å². The fourth-order valence-electron chi connectivity index (χ4n) is 4.77. The van der Waals surface area contributed by atoms with Gasteiger partial charge in [-0.3, -0.25) is 4.79 Å². The molecule has 1 saturated carbocycles. The van der Waals surface area contributed by atoms with E-state index in [-0.39, 0.29) is 23.9 Å². The average Bonchev–Trinajstić information content (AvgIpc) is 3.26. The molecule has 1 atom stereocenters. The summed E-state index contributed by atoms with van der Waals surface area (Å²) in [6.45, 7) is 6.78. The van der Waals surface area contributed by atoms with Crippen LogP contribution in [0.25, 0.3) is 11.1 Å². The first-order valence-electron chi connectivity index (χ1n) is 11.5. The lowest BCUT2D eigenvalue weighted by Crippen LogP contribution is -2.38. The van der Waals surface area contributed by atoms with Crippen LogP contribution in [0.2, 0.25) is 0 Å². The van der Waals surface area contributed by atoms with Crippen molar-refractivity contribution in [2.45, 2.75) is 70.1 Å². The zero-order valence-electron chi connectivity index (χ0n) is 18.6. The number of pyridine rings is 1. The van der Waals surface area contributed by atoms with Gasteiger partial charge in [-0.25, -0.2) is 4.98 Å². The van der Waals surface area contributed by atoms with Crippen LogP contribution in [0.4, 0.5) is 5.82 Å². The number of nitrogens with two attached hydrogens (primary N) is 1. The van der Waals surface area contributed by atoms with Crippen LogP contribution < -0.4 is 11.1 Å². The van der Waals surface area contributed by atoms with Crippen molar-refractivity contribution in [1.29, 1.82) is 0 Å². The summed E-state index contributed by atoms with van der Waals surface area (Å²) in [5, 5.41) is 12.7. The summed E-state index contributed by atoms with van der Waals surface area (Å²) >= 11 is 0. The summed E-state index contributed by atoms with van der Waals surface area (Å²) in [4.78, 5) is 19.6. The third-order valence-electron chi connectivity index (χ3n) is 6.86. The molecule has 166 valence electrons. The number of hydrogen-bond acceptors (Lipinski definition) is 5. The second-order valence-electron chi connectivity index (χ2n) is 9.33. The molecule has 0 radical (unpaired) electrons. The number of likely N-dealkylation sites (tertiary alicyclic amines) is 1. The van der Waals surface area contributed by atoms with Crippen LogP contribution in [-0.4, -0.2) is 52.2 Å². The predicted molar refractivity (Wildman–Crippen MR) is 124 cm³/mol. The van der Waals surface area contributed by atoms with Crippen molar-refractivity contribution in [2.24, 2.45) is 0 Å². The Hall–Kier alpha value is -2.44. The maximum absolute atomic E-state index is 12.8. The Morgan fingerprint density at radius 2 is 1.84 bits per heavy atom. The van der Waals surface area contributed by atoms with E-state index in [9.17, 15) is 9.90 Å². The number of anilines is 1. The van der Waals surface area contributed by atoms with Crippen LogP contribution in [0.15, 0.2) is 36.5 Å².